The molecule has 1 fully saturated rings. The number of carbonyl (C=O) groups is 1. The second kappa shape index (κ2) is 10.5. The average molecular weight is 591 g/mol. The van der Waals surface area contributed by atoms with E-state index >= 15 is 0 Å². The van der Waals surface area contributed by atoms with Crippen LogP contribution in [0.1, 0.15) is 107 Å². The van der Waals surface area contributed by atoms with Crippen LogP contribution < -0.4 is 0 Å². The van der Waals surface area contributed by atoms with Crippen LogP contribution in [0.2, 0.25) is 0 Å². The van der Waals surface area contributed by atoms with Gasteiger partial charge in [0.2, 0.25) is 0 Å². The zero-order valence-corrected chi connectivity index (χ0v) is 27.2. The van der Waals surface area contributed by atoms with E-state index < -0.39 is 22.2 Å². The van der Waals surface area contributed by atoms with Crippen LogP contribution in [0.25, 0.3) is 23.3 Å². The highest BCUT2D eigenvalue weighted by Crippen LogP contribution is 2.44. The lowest BCUT2D eigenvalue weighted by Crippen LogP contribution is -2.53. The molecule has 0 radical (unpaired) electrons. The van der Waals surface area contributed by atoms with Crippen LogP contribution in [-0.2, 0) is 4.79 Å². The number of rotatable bonds is 4. The molecule has 2 aliphatic heterocycles. The molecule has 0 saturated heterocycles. The maximum atomic E-state index is 13.5. The van der Waals surface area contributed by atoms with Gasteiger partial charge in [0.15, 0.2) is 5.78 Å². The topological polar surface area (TPSA) is 69.7 Å². The number of thiophene rings is 2. The summed E-state index contributed by atoms with van der Waals surface area (Å²) >= 11 is 3.39. The summed E-state index contributed by atoms with van der Waals surface area (Å²) in [4.78, 5) is 18.0. The molecule has 4 heterocycles. The van der Waals surface area contributed by atoms with Gasteiger partial charge in [-0.25, -0.2) is 0 Å². The van der Waals surface area contributed by atoms with Crippen molar-refractivity contribution in [3.8, 4) is 0 Å². The SMILES string of the molecule is CC1(C)C=C(c2ccc(/C=C3\CCC/C(=C\c4ccc(C5=CC(C)(C)N([O-])C(C)(C)C5)s4)C3=O)s2)CC(C)(C)N1[O-]. The van der Waals surface area contributed by atoms with Crippen molar-refractivity contribution in [2.45, 2.75) is 110 Å². The highest BCUT2D eigenvalue weighted by Gasteiger charge is 2.37. The zero-order valence-electron chi connectivity index (χ0n) is 25.6. The van der Waals surface area contributed by atoms with Crippen molar-refractivity contribution in [2.75, 3.05) is 0 Å². The van der Waals surface area contributed by atoms with Gasteiger partial charge in [-0.15, -0.1) is 22.7 Å². The number of ketones is 1. The smallest absolute Gasteiger partial charge is 0.185 e. The number of hydrogen-bond donors (Lipinski definition) is 0. The molecule has 0 amide bonds. The normalized spacial score (nSPS) is 26.3. The molecule has 3 aliphatic rings. The quantitative estimate of drug-likeness (QED) is 0.332. The molecule has 0 unspecified atom stereocenters. The van der Waals surface area contributed by atoms with Crippen LogP contribution >= 0.6 is 22.7 Å². The van der Waals surface area contributed by atoms with E-state index in [2.05, 4.69) is 48.6 Å². The van der Waals surface area contributed by atoms with Crippen molar-refractivity contribution in [1.29, 1.82) is 0 Å². The fraction of sp³-hybridized carbons (Fsp3) is 0.500. The van der Waals surface area contributed by atoms with Gasteiger partial charge < -0.3 is 20.5 Å². The molecule has 5 rings (SSSR count). The molecule has 1 saturated carbocycles. The second-order valence-electron chi connectivity index (χ2n) is 14.1. The van der Waals surface area contributed by atoms with Crippen molar-refractivity contribution in [3.05, 3.63) is 77.5 Å². The molecule has 2 aromatic rings. The molecule has 5 nitrogen and oxygen atoms in total. The van der Waals surface area contributed by atoms with E-state index in [1.165, 1.54) is 31.0 Å². The molecule has 1 aliphatic carbocycles. The van der Waals surface area contributed by atoms with Gasteiger partial charge in [-0.2, -0.15) is 0 Å². The van der Waals surface area contributed by atoms with E-state index in [0.717, 1.165) is 40.2 Å². The van der Waals surface area contributed by atoms with Crippen LogP contribution in [0.4, 0.5) is 0 Å². The van der Waals surface area contributed by atoms with Gasteiger partial charge in [-0.1, -0.05) is 12.2 Å². The molecule has 0 N–H and O–H groups in total. The Labute approximate surface area is 253 Å². The predicted molar refractivity (Wildman–Crippen MR) is 175 cm³/mol. The largest absolute Gasteiger partial charge is 0.784 e. The van der Waals surface area contributed by atoms with E-state index in [1.54, 1.807) is 22.7 Å². The first-order valence-corrected chi connectivity index (χ1v) is 16.2. The third-order valence-electron chi connectivity index (χ3n) is 8.44. The van der Waals surface area contributed by atoms with E-state index in [9.17, 15) is 15.2 Å². The highest BCUT2D eigenvalue weighted by molar-refractivity contribution is 7.14. The average Bonchev–Trinajstić information content (AvgIpc) is 3.53. The number of allylic oxidation sites excluding steroid dienone is 2. The molecule has 220 valence electrons. The van der Waals surface area contributed by atoms with Gasteiger partial charge in [0.05, 0.1) is 0 Å². The maximum absolute atomic E-state index is 13.5. The Balaban J connectivity index is 1.35. The lowest BCUT2D eigenvalue weighted by atomic mass is 9.82. The maximum Gasteiger partial charge on any atom is 0.185 e. The van der Waals surface area contributed by atoms with E-state index in [4.69, 9.17) is 0 Å². The molecule has 2 aromatic heterocycles. The lowest BCUT2D eigenvalue weighted by Gasteiger charge is -2.56. The van der Waals surface area contributed by atoms with Crippen LogP contribution in [-0.4, -0.2) is 38.1 Å². The standard InChI is InChI=1S/C34H42N2O3S2/c1-31(2)18-24(19-32(3,4)35(31)38)28-14-12-26(40-28)16-22-10-9-11-23(30(22)37)17-27-13-15-29(41-27)25-20-33(5,6)36(39)34(7,8)21-25/h12-18,20H,9-11,19,21H2,1-8H3/q-2/b22-16+,23-17+. The van der Waals surface area contributed by atoms with Crippen LogP contribution in [0.5, 0.6) is 0 Å². The van der Waals surface area contributed by atoms with Gasteiger partial charge in [0, 0.05) is 52.8 Å². The summed E-state index contributed by atoms with van der Waals surface area (Å²) in [5.74, 6) is 0.142. The third kappa shape index (κ3) is 6.03. The summed E-state index contributed by atoms with van der Waals surface area (Å²) in [5.41, 5.74) is 2.09. The van der Waals surface area contributed by atoms with E-state index in [0.29, 0.717) is 12.8 Å². The first-order chi connectivity index (χ1) is 19.0. The van der Waals surface area contributed by atoms with Gasteiger partial charge in [0.1, 0.15) is 0 Å². The van der Waals surface area contributed by atoms with Crippen LogP contribution in [0, 0.1) is 10.4 Å². The minimum atomic E-state index is -0.559. The molecule has 41 heavy (non-hydrogen) atoms. The summed E-state index contributed by atoms with van der Waals surface area (Å²) < 4.78 is 0. The number of hydroxylamine groups is 4. The highest BCUT2D eigenvalue weighted by atomic mass is 32.1. The molecular formula is C34H42N2O3S2-2. The Morgan fingerprint density at radius 2 is 1.07 bits per heavy atom. The predicted octanol–water partition coefficient (Wildman–Crippen LogP) is 9.32. The Hall–Kier alpha value is -2.13. The third-order valence-corrected chi connectivity index (χ3v) is 10.7. The van der Waals surface area contributed by atoms with Gasteiger partial charge in [-0.3, -0.25) is 4.79 Å². The van der Waals surface area contributed by atoms with E-state index in [1.807, 2.05) is 55.4 Å². The number of Topliss-reactive ketones (excluding diaryl/α,β-unsaturated/α-hetero) is 1. The lowest BCUT2D eigenvalue weighted by molar-refractivity contribution is -0.112. The minimum Gasteiger partial charge on any atom is -0.784 e. The fourth-order valence-electron chi connectivity index (χ4n) is 6.75. The summed E-state index contributed by atoms with van der Waals surface area (Å²) in [6.07, 6.45) is 12.3. The Bertz CT molecular complexity index is 1370. The Morgan fingerprint density at radius 3 is 1.44 bits per heavy atom. The summed E-state index contributed by atoms with van der Waals surface area (Å²) in [5, 5.41) is 27.9. The number of hydrogen-bond acceptors (Lipinski definition) is 7. The summed E-state index contributed by atoms with van der Waals surface area (Å²) in [7, 11) is 0. The monoisotopic (exact) mass is 590 g/mol. The molecule has 0 atom stereocenters. The van der Waals surface area contributed by atoms with Gasteiger partial charge in [0.25, 0.3) is 0 Å². The van der Waals surface area contributed by atoms with Crippen LogP contribution in [0.15, 0.2) is 47.6 Å². The molecule has 7 heteroatoms. The molecular weight excluding hydrogens is 549 g/mol. The molecule has 0 aromatic carbocycles. The van der Waals surface area contributed by atoms with Crippen LogP contribution in [0.3, 0.4) is 0 Å². The van der Waals surface area contributed by atoms with Gasteiger partial charge in [-0.05, 0) is 135 Å². The summed E-state index contributed by atoms with van der Waals surface area (Å²) in [6, 6.07) is 8.44. The van der Waals surface area contributed by atoms with E-state index in [-0.39, 0.29) is 5.78 Å². The zero-order chi connectivity index (χ0) is 30.0. The molecule has 0 bridgehead atoms. The first-order valence-electron chi connectivity index (χ1n) is 14.5. The number of nitrogens with zero attached hydrogens (tertiary/aromatic N) is 2. The molecule has 0 spiro atoms. The van der Waals surface area contributed by atoms with Crippen molar-refractivity contribution in [1.82, 2.24) is 10.1 Å². The van der Waals surface area contributed by atoms with Crippen molar-refractivity contribution >= 4 is 51.8 Å². The van der Waals surface area contributed by atoms with Crippen molar-refractivity contribution in [2.24, 2.45) is 0 Å². The first kappa shape index (κ1) is 30.3. The fourth-order valence-corrected chi connectivity index (χ4v) is 8.73. The van der Waals surface area contributed by atoms with Crippen molar-refractivity contribution in [3.63, 3.8) is 0 Å². The number of carbonyl (C=O) groups excluding carboxylic acids is 1. The van der Waals surface area contributed by atoms with Crippen molar-refractivity contribution < 1.29 is 4.79 Å². The van der Waals surface area contributed by atoms with Gasteiger partial charge >= 0.3 is 0 Å². The Morgan fingerprint density at radius 1 is 0.683 bits per heavy atom. The second-order valence-corrected chi connectivity index (χ2v) is 16.4. The Kier molecular flexibility index (Phi) is 7.80. The summed E-state index contributed by atoms with van der Waals surface area (Å²) in [6.45, 7) is 15.9. The minimum absolute atomic E-state index is 0.142.